The van der Waals surface area contributed by atoms with Crippen LogP contribution in [-0.2, 0) is 4.74 Å². The molecule has 3 nitrogen and oxygen atoms in total. The van der Waals surface area contributed by atoms with Crippen LogP contribution in [0.4, 0.5) is 0 Å². The third-order valence-electron chi connectivity index (χ3n) is 2.25. The Balaban J connectivity index is 2.22. The van der Waals surface area contributed by atoms with E-state index < -0.39 is 0 Å². The highest BCUT2D eigenvalue weighted by atomic mass is 32.2. The molecule has 0 aromatic heterocycles. The minimum absolute atomic E-state index is 0.0187. The number of methoxy groups -OCH3 is 1. The Labute approximate surface area is 83.8 Å². The lowest BCUT2D eigenvalue weighted by Crippen LogP contribution is -2.36. The van der Waals surface area contributed by atoms with Gasteiger partial charge in [-0.3, -0.25) is 5.32 Å². The van der Waals surface area contributed by atoms with Crippen LogP contribution in [0.3, 0.4) is 0 Å². The predicted molar refractivity (Wildman–Crippen MR) is 54.7 cm³/mol. The summed E-state index contributed by atoms with van der Waals surface area (Å²) in [4.78, 5) is 0. The van der Waals surface area contributed by atoms with E-state index in [0.717, 1.165) is 12.3 Å². The number of hydrogen-bond acceptors (Lipinski definition) is 4. The van der Waals surface area contributed by atoms with Crippen molar-refractivity contribution in [1.29, 1.82) is 5.26 Å². The zero-order valence-electron chi connectivity index (χ0n) is 7.95. The first-order valence-electron chi connectivity index (χ1n) is 4.58. The monoisotopic (exact) mass is 200 g/mol. The first-order chi connectivity index (χ1) is 6.38. The molecule has 0 spiro atoms. The Morgan fingerprint density at radius 3 is 3.15 bits per heavy atom. The normalized spacial score (nSPS) is 24.2. The van der Waals surface area contributed by atoms with Gasteiger partial charge in [0, 0.05) is 13.7 Å². The predicted octanol–water partition coefficient (Wildman–Crippen LogP) is 0.868. The summed E-state index contributed by atoms with van der Waals surface area (Å²) in [5, 5.41) is 12.1. The minimum atomic E-state index is 0.0187. The van der Waals surface area contributed by atoms with E-state index in [-0.39, 0.29) is 6.04 Å². The van der Waals surface area contributed by atoms with Crippen LogP contribution in [0, 0.1) is 17.2 Å². The van der Waals surface area contributed by atoms with E-state index in [4.69, 9.17) is 10.00 Å². The van der Waals surface area contributed by atoms with Gasteiger partial charge in [0.1, 0.15) is 0 Å². The van der Waals surface area contributed by atoms with Gasteiger partial charge in [0.05, 0.1) is 18.7 Å². The number of thioether (sulfide) groups is 1. The molecule has 2 atom stereocenters. The third-order valence-corrected chi connectivity index (χ3v) is 3.43. The van der Waals surface area contributed by atoms with E-state index in [2.05, 4.69) is 11.4 Å². The molecule has 74 valence electrons. The topological polar surface area (TPSA) is 45.0 Å². The second kappa shape index (κ2) is 6.25. The lowest BCUT2D eigenvalue weighted by molar-refractivity contribution is 0.195. The molecule has 1 saturated heterocycles. The first kappa shape index (κ1) is 10.8. The Hall–Kier alpha value is -0.240. The molecule has 0 bridgehead atoms. The lowest BCUT2D eigenvalue weighted by atomic mass is 10.0. The van der Waals surface area contributed by atoms with Crippen molar-refractivity contribution in [2.24, 2.45) is 5.92 Å². The van der Waals surface area contributed by atoms with Crippen LogP contribution < -0.4 is 5.32 Å². The molecule has 4 heteroatoms. The van der Waals surface area contributed by atoms with Gasteiger partial charge >= 0.3 is 0 Å². The van der Waals surface area contributed by atoms with Crippen LogP contribution >= 0.6 is 11.8 Å². The summed E-state index contributed by atoms with van der Waals surface area (Å²) >= 11 is 1.94. The quantitative estimate of drug-likeness (QED) is 0.669. The van der Waals surface area contributed by atoms with Crippen molar-refractivity contribution in [2.45, 2.75) is 12.5 Å². The largest absolute Gasteiger partial charge is 0.383 e. The van der Waals surface area contributed by atoms with Crippen molar-refractivity contribution in [3.05, 3.63) is 0 Å². The van der Waals surface area contributed by atoms with Crippen molar-refractivity contribution in [3.8, 4) is 6.07 Å². The van der Waals surface area contributed by atoms with Crippen LogP contribution in [0.25, 0.3) is 0 Å². The maximum atomic E-state index is 8.92. The van der Waals surface area contributed by atoms with Gasteiger partial charge in [-0.15, -0.1) is 0 Å². The van der Waals surface area contributed by atoms with E-state index in [1.54, 1.807) is 7.11 Å². The molecule has 0 aromatic carbocycles. The van der Waals surface area contributed by atoms with Crippen LogP contribution in [0.1, 0.15) is 6.42 Å². The lowest BCUT2D eigenvalue weighted by Gasteiger charge is -2.16. The minimum Gasteiger partial charge on any atom is -0.383 e. The summed E-state index contributed by atoms with van der Waals surface area (Å²) in [6.45, 7) is 1.45. The molecule has 0 aliphatic carbocycles. The molecule has 1 fully saturated rings. The molecule has 0 saturated carbocycles. The highest BCUT2D eigenvalue weighted by Gasteiger charge is 2.24. The molecule has 0 aromatic rings. The third kappa shape index (κ3) is 3.55. The van der Waals surface area contributed by atoms with E-state index in [1.165, 1.54) is 12.2 Å². The Bertz CT molecular complexity index is 175. The van der Waals surface area contributed by atoms with Crippen molar-refractivity contribution in [3.63, 3.8) is 0 Å². The van der Waals surface area contributed by atoms with E-state index >= 15 is 0 Å². The maximum absolute atomic E-state index is 8.92. The van der Waals surface area contributed by atoms with Crippen LogP contribution in [0.5, 0.6) is 0 Å². The zero-order valence-corrected chi connectivity index (χ0v) is 8.77. The molecule has 0 radical (unpaired) electrons. The Morgan fingerprint density at radius 1 is 1.77 bits per heavy atom. The summed E-state index contributed by atoms with van der Waals surface area (Å²) in [6.07, 6.45) is 1.17. The molecule has 13 heavy (non-hydrogen) atoms. The van der Waals surface area contributed by atoms with Gasteiger partial charge in [-0.2, -0.15) is 17.0 Å². The molecule has 1 aliphatic heterocycles. The molecule has 1 N–H and O–H groups in total. The van der Waals surface area contributed by atoms with Gasteiger partial charge in [0.2, 0.25) is 0 Å². The van der Waals surface area contributed by atoms with Gasteiger partial charge in [-0.05, 0) is 23.8 Å². The smallest absolute Gasteiger partial charge is 0.0990 e. The fourth-order valence-corrected chi connectivity index (χ4v) is 2.75. The summed E-state index contributed by atoms with van der Waals surface area (Å²) < 4.78 is 4.92. The Morgan fingerprint density at radius 2 is 2.62 bits per heavy atom. The second-order valence-corrected chi connectivity index (χ2v) is 4.33. The number of ether oxygens (including phenoxy) is 1. The molecule has 0 amide bonds. The molecule has 2 unspecified atom stereocenters. The van der Waals surface area contributed by atoms with Crippen molar-refractivity contribution in [1.82, 2.24) is 5.32 Å². The standard InChI is InChI=1S/C9H16N2OS/c1-12-4-3-11-9(6-10)8-2-5-13-7-8/h8-9,11H,2-5,7H2,1H3. The average Bonchev–Trinajstić information content (AvgIpc) is 2.65. The number of nitrogens with one attached hydrogen (secondary N) is 1. The fourth-order valence-electron chi connectivity index (χ4n) is 1.45. The highest BCUT2D eigenvalue weighted by Crippen LogP contribution is 2.25. The van der Waals surface area contributed by atoms with Crippen LogP contribution in [-0.4, -0.2) is 37.8 Å². The van der Waals surface area contributed by atoms with E-state index in [9.17, 15) is 0 Å². The van der Waals surface area contributed by atoms with Gasteiger partial charge in [0.15, 0.2) is 0 Å². The van der Waals surface area contributed by atoms with Gasteiger partial charge in [0.25, 0.3) is 0 Å². The number of nitrogens with zero attached hydrogens (tertiary/aromatic N) is 1. The van der Waals surface area contributed by atoms with Gasteiger partial charge in [-0.25, -0.2) is 0 Å². The van der Waals surface area contributed by atoms with Crippen molar-refractivity contribution >= 4 is 11.8 Å². The Kier molecular flexibility index (Phi) is 5.21. The zero-order chi connectivity index (χ0) is 9.52. The first-order valence-corrected chi connectivity index (χ1v) is 5.73. The van der Waals surface area contributed by atoms with Crippen LogP contribution in [0.2, 0.25) is 0 Å². The van der Waals surface area contributed by atoms with E-state index in [1.807, 2.05) is 11.8 Å². The maximum Gasteiger partial charge on any atom is 0.0990 e. The molecule has 1 aliphatic rings. The average molecular weight is 200 g/mol. The number of nitriles is 1. The van der Waals surface area contributed by atoms with Crippen LogP contribution in [0.15, 0.2) is 0 Å². The molecule has 1 rings (SSSR count). The van der Waals surface area contributed by atoms with E-state index in [0.29, 0.717) is 12.5 Å². The van der Waals surface area contributed by atoms with Gasteiger partial charge in [-0.1, -0.05) is 0 Å². The number of hydrogen-bond donors (Lipinski definition) is 1. The van der Waals surface area contributed by atoms with Crippen molar-refractivity contribution < 1.29 is 4.74 Å². The highest BCUT2D eigenvalue weighted by molar-refractivity contribution is 7.99. The molecule has 1 heterocycles. The second-order valence-electron chi connectivity index (χ2n) is 3.18. The van der Waals surface area contributed by atoms with Crippen molar-refractivity contribution in [2.75, 3.05) is 31.8 Å². The number of rotatable bonds is 5. The molecular formula is C9H16N2OS. The SMILES string of the molecule is COCCNC(C#N)C1CCSC1. The fraction of sp³-hybridized carbons (Fsp3) is 0.889. The summed E-state index contributed by atoms with van der Waals surface area (Å²) in [7, 11) is 1.68. The summed E-state index contributed by atoms with van der Waals surface area (Å²) in [6, 6.07) is 2.34. The summed E-state index contributed by atoms with van der Waals surface area (Å²) in [5.74, 6) is 2.86. The van der Waals surface area contributed by atoms with Gasteiger partial charge < -0.3 is 4.74 Å². The molecular weight excluding hydrogens is 184 g/mol. The summed E-state index contributed by atoms with van der Waals surface area (Å²) in [5.41, 5.74) is 0.